The van der Waals surface area contributed by atoms with Crippen LogP contribution in [0.5, 0.6) is 0 Å². The van der Waals surface area contributed by atoms with E-state index in [1.807, 2.05) is 0 Å². The van der Waals surface area contributed by atoms with Crippen molar-refractivity contribution < 1.29 is 9.50 Å². The third kappa shape index (κ3) is 2.23. The van der Waals surface area contributed by atoms with E-state index >= 15 is 0 Å². The first-order valence-corrected chi connectivity index (χ1v) is 7.76. The molecule has 2 atom stereocenters. The molecule has 0 amide bonds. The molecule has 106 valence electrons. The molecule has 20 heavy (non-hydrogen) atoms. The molecular weight excluding hydrogens is 273 g/mol. The van der Waals surface area contributed by atoms with Gasteiger partial charge in [0.1, 0.15) is 5.82 Å². The minimum atomic E-state index is -0.638. The SMILES string of the molecule is CC1c2ccsc2CCN1c1ccc([C@@H](C)O)cc1F. The second kappa shape index (κ2) is 5.19. The van der Waals surface area contributed by atoms with Gasteiger partial charge in [-0.15, -0.1) is 11.3 Å². The zero-order valence-corrected chi connectivity index (χ0v) is 12.5. The summed E-state index contributed by atoms with van der Waals surface area (Å²) in [5.74, 6) is -0.256. The zero-order valence-electron chi connectivity index (χ0n) is 11.6. The molecule has 1 aliphatic heterocycles. The predicted molar refractivity (Wildman–Crippen MR) is 80.8 cm³/mol. The van der Waals surface area contributed by atoms with Crippen molar-refractivity contribution in [3.8, 4) is 0 Å². The summed E-state index contributed by atoms with van der Waals surface area (Å²) in [6.07, 6.45) is 0.329. The summed E-state index contributed by atoms with van der Waals surface area (Å²) in [5.41, 5.74) is 2.55. The lowest BCUT2D eigenvalue weighted by Crippen LogP contribution is -2.33. The monoisotopic (exact) mass is 291 g/mol. The zero-order chi connectivity index (χ0) is 14.3. The molecule has 0 aliphatic carbocycles. The second-order valence-corrected chi connectivity index (χ2v) is 6.31. The first-order valence-electron chi connectivity index (χ1n) is 6.88. The van der Waals surface area contributed by atoms with Crippen molar-refractivity contribution in [1.82, 2.24) is 0 Å². The number of nitrogens with zero attached hydrogens (tertiary/aromatic N) is 1. The molecule has 1 aromatic heterocycles. The number of halogens is 1. The number of aliphatic hydroxyl groups is 1. The van der Waals surface area contributed by atoms with Gasteiger partial charge in [-0.1, -0.05) is 6.07 Å². The molecule has 0 fully saturated rings. The first kappa shape index (κ1) is 13.6. The van der Waals surface area contributed by atoms with Crippen LogP contribution in [0.2, 0.25) is 0 Å². The van der Waals surface area contributed by atoms with E-state index in [1.54, 1.807) is 30.4 Å². The highest BCUT2D eigenvalue weighted by Gasteiger charge is 2.26. The number of rotatable bonds is 2. The molecule has 0 bridgehead atoms. The molecule has 0 saturated heterocycles. The Labute approximate surface area is 122 Å². The van der Waals surface area contributed by atoms with Crippen LogP contribution in [0.4, 0.5) is 10.1 Å². The molecule has 1 unspecified atom stereocenters. The molecule has 4 heteroatoms. The van der Waals surface area contributed by atoms with E-state index in [0.717, 1.165) is 13.0 Å². The van der Waals surface area contributed by atoms with Crippen molar-refractivity contribution in [2.45, 2.75) is 32.4 Å². The Morgan fingerprint density at radius 3 is 2.90 bits per heavy atom. The third-order valence-corrected chi connectivity index (χ3v) is 5.04. The van der Waals surface area contributed by atoms with Gasteiger partial charge in [0.25, 0.3) is 0 Å². The van der Waals surface area contributed by atoms with Gasteiger partial charge in [-0.25, -0.2) is 4.39 Å². The van der Waals surface area contributed by atoms with Gasteiger partial charge < -0.3 is 10.0 Å². The molecule has 2 heterocycles. The molecular formula is C16H18FNOS. The van der Waals surface area contributed by atoms with Gasteiger partial charge in [-0.05, 0) is 55.0 Å². The summed E-state index contributed by atoms with van der Waals surface area (Å²) in [4.78, 5) is 3.52. The Bertz CT molecular complexity index is 623. The summed E-state index contributed by atoms with van der Waals surface area (Å²) in [6, 6.07) is 7.36. The molecule has 2 aromatic rings. The first-order chi connectivity index (χ1) is 9.58. The van der Waals surface area contributed by atoms with Crippen LogP contribution in [-0.4, -0.2) is 11.7 Å². The molecule has 0 saturated carbocycles. The van der Waals surface area contributed by atoms with Crippen LogP contribution in [-0.2, 0) is 6.42 Å². The lowest BCUT2D eigenvalue weighted by atomic mass is 10.00. The number of benzene rings is 1. The Morgan fingerprint density at radius 2 is 2.20 bits per heavy atom. The molecule has 2 nitrogen and oxygen atoms in total. The highest BCUT2D eigenvalue weighted by molar-refractivity contribution is 7.10. The van der Waals surface area contributed by atoms with Crippen LogP contribution in [0.25, 0.3) is 0 Å². The van der Waals surface area contributed by atoms with Crippen molar-refractivity contribution in [2.24, 2.45) is 0 Å². The van der Waals surface area contributed by atoms with Crippen molar-refractivity contribution >= 4 is 17.0 Å². The van der Waals surface area contributed by atoms with E-state index in [4.69, 9.17) is 0 Å². The summed E-state index contributed by atoms with van der Waals surface area (Å²) in [7, 11) is 0. The van der Waals surface area contributed by atoms with Crippen LogP contribution < -0.4 is 4.90 Å². The fourth-order valence-corrected chi connectivity index (χ4v) is 3.82. The second-order valence-electron chi connectivity index (χ2n) is 5.31. The number of hydrogen-bond acceptors (Lipinski definition) is 3. The Balaban J connectivity index is 1.94. The Morgan fingerprint density at radius 1 is 1.40 bits per heavy atom. The number of fused-ring (bicyclic) bond motifs is 1. The van der Waals surface area contributed by atoms with Gasteiger partial charge >= 0.3 is 0 Å². The van der Waals surface area contributed by atoms with Crippen molar-refractivity contribution in [2.75, 3.05) is 11.4 Å². The van der Waals surface area contributed by atoms with Gasteiger partial charge in [0, 0.05) is 11.4 Å². The van der Waals surface area contributed by atoms with Crippen LogP contribution in [0.3, 0.4) is 0 Å². The quantitative estimate of drug-likeness (QED) is 0.902. The van der Waals surface area contributed by atoms with Gasteiger partial charge in [-0.2, -0.15) is 0 Å². The molecule has 1 aliphatic rings. The van der Waals surface area contributed by atoms with Crippen LogP contribution in [0, 0.1) is 5.82 Å². The normalized spacial score (nSPS) is 19.8. The summed E-state index contributed by atoms with van der Waals surface area (Å²) >= 11 is 1.78. The van der Waals surface area contributed by atoms with E-state index in [1.165, 1.54) is 16.5 Å². The Kier molecular flexibility index (Phi) is 3.52. The van der Waals surface area contributed by atoms with Crippen molar-refractivity contribution in [1.29, 1.82) is 0 Å². The maximum Gasteiger partial charge on any atom is 0.146 e. The fourth-order valence-electron chi connectivity index (χ4n) is 2.85. The summed E-state index contributed by atoms with van der Waals surface area (Å²) in [6.45, 7) is 4.60. The number of hydrogen-bond donors (Lipinski definition) is 1. The topological polar surface area (TPSA) is 23.5 Å². The molecule has 3 rings (SSSR count). The summed E-state index contributed by atoms with van der Waals surface area (Å²) < 4.78 is 14.3. The maximum atomic E-state index is 14.3. The highest BCUT2D eigenvalue weighted by atomic mass is 32.1. The number of aliphatic hydroxyl groups excluding tert-OH is 1. The van der Waals surface area contributed by atoms with Gasteiger partial charge in [0.15, 0.2) is 0 Å². The van der Waals surface area contributed by atoms with E-state index in [9.17, 15) is 9.50 Å². The average molecular weight is 291 g/mol. The number of anilines is 1. The molecule has 1 N–H and O–H groups in total. The van der Waals surface area contributed by atoms with E-state index < -0.39 is 6.10 Å². The van der Waals surface area contributed by atoms with Crippen LogP contribution >= 0.6 is 11.3 Å². The average Bonchev–Trinajstić information content (AvgIpc) is 2.89. The molecule has 0 radical (unpaired) electrons. The molecule has 1 aromatic carbocycles. The van der Waals surface area contributed by atoms with Gasteiger partial charge in [-0.3, -0.25) is 0 Å². The fraction of sp³-hybridized carbons (Fsp3) is 0.375. The highest BCUT2D eigenvalue weighted by Crippen LogP contribution is 2.37. The Hall–Kier alpha value is -1.39. The van der Waals surface area contributed by atoms with Gasteiger partial charge in [0.2, 0.25) is 0 Å². The maximum absolute atomic E-state index is 14.3. The summed E-state index contributed by atoms with van der Waals surface area (Å²) in [5, 5.41) is 11.6. The lowest BCUT2D eigenvalue weighted by Gasteiger charge is -2.35. The number of thiophene rings is 1. The standard InChI is InChI=1S/C16H18FNOS/c1-10-13-6-8-20-16(13)5-7-18(10)15-4-3-12(11(2)19)9-14(15)17/h3-4,6,8-11,19H,5,7H2,1-2H3/t10?,11-/m1/s1. The van der Waals surface area contributed by atoms with Crippen molar-refractivity contribution in [3.63, 3.8) is 0 Å². The van der Waals surface area contributed by atoms with E-state index in [0.29, 0.717) is 11.3 Å². The predicted octanol–water partition coefficient (Wildman–Crippen LogP) is 4.06. The van der Waals surface area contributed by atoms with Gasteiger partial charge in [0.05, 0.1) is 17.8 Å². The third-order valence-electron chi connectivity index (χ3n) is 4.04. The van der Waals surface area contributed by atoms with E-state index in [2.05, 4.69) is 23.3 Å². The molecule has 0 spiro atoms. The minimum absolute atomic E-state index is 0.192. The largest absolute Gasteiger partial charge is 0.389 e. The lowest BCUT2D eigenvalue weighted by molar-refractivity contribution is 0.199. The van der Waals surface area contributed by atoms with E-state index in [-0.39, 0.29) is 11.9 Å². The minimum Gasteiger partial charge on any atom is -0.389 e. The van der Waals surface area contributed by atoms with Crippen LogP contribution in [0.1, 0.15) is 42.0 Å². The smallest absolute Gasteiger partial charge is 0.146 e. The van der Waals surface area contributed by atoms with Crippen LogP contribution in [0.15, 0.2) is 29.6 Å². The van der Waals surface area contributed by atoms with Crippen molar-refractivity contribution in [3.05, 3.63) is 51.5 Å².